The third-order valence-corrected chi connectivity index (χ3v) is 5.06. The molecule has 2 atom stereocenters. The maximum absolute atomic E-state index is 12.4. The largest absolute Gasteiger partial charge is 0.388 e. The fraction of sp³-hybridized carbons (Fsp3) is 0.500. The number of thiocarbonyl (C=S) groups is 1. The minimum atomic E-state index is -3.62. The highest BCUT2D eigenvalue weighted by atomic mass is 32.2. The third kappa shape index (κ3) is 3.29. The molecule has 0 aromatic carbocycles. The van der Waals surface area contributed by atoms with Gasteiger partial charge in [0.05, 0.1) is 0 Å². The van der Waals surface area contributed by atoms with E-state index in [9.17, 15) is 8.42 Å². The van der Waals surface area contributed by atoms with E-state index in [1.807, 2.05) is 0 Å². The first-order chi connectivity index (χ1) is 8.90. The summed E-state index contributed by atoms with van der Waals surface area (Å²) < 4.78 is 27.4. The second-order valence-corrected chi connectivity index (χ2v) is 7.07. The van der Waals surface area contributed by atoms with Crippen LogP contribution in [0.2, 0.25) is 0 Å². The van der Waals surface area contributed by atoms with Crippen molar-refractivity contribution in [2.24, 2.45) is 11.7 Å². The number of hydrogen-bond acceptors (Lipinski definition) is 4. The molecule has 0 saturated heterocycles. The van der Waals surface area contributed by atoms with E-state index in [-0.39, 0.29) is 21.6 Å². The molecule has 1 heterocycles. The lowest BCUT2D eigenvalue weighted by molar-refractivity contribution is 0.538. The van der Waals surface area contributed by atoms with Crippen molar-refractivity contribution in [3.63, 3.8) is 0 Å². The van der Waals surface area contributed by atoms with Crippen LogP contribution in [-0.2, 0) is 10.0 Å². The Bertz CT molecular complexity index is 586. The Balaban J connectivity index is 2.27. The maximum atomic E-state index is 12.4. The monoisotopic (exact) mass is 299 g/mol. The highest BCUT2D eigenvalue weighted by Gasteiger charge is 2.28. The van der Waals surface area contributed by atoms with Crippen LogP contribution < -0.4 is 10.5 Å². The van der Waals surface area contributed by atoms with E-state index in [1.165, 1.54) is 12.3 Å². The molecule has 1 aromatic heterocycles. The molecule has 0 amide bonds. The lowest BCUT2D eigenvalue weighted by Gasteiger charge is -2.14. The summed E-state index contributed by atoms with van der Waals surface area (Å²) in [6, 6.07) is 3.02. The number of nitrogens with one attached hydrogen (secondary N) is 1. The molecule has 1 fully saturated rings. The summed E-state index contributed by atoms with van der Waals surface area (Å²) in [5.41, 5.74) is 5.67. The van der Waals surface area contributed by atoms with Crippen molar-refractivity contribution < 1.29 is 8.42 Å². The zero-order chi connectivity index (χ0) is 14.0. The minimum absolute atomic E-state index is 0.0132. The Morgan fingerprint density at radius 2 is 2.26 bits per heavy atom. The van der Waals surface area contributed by atoms with Crippen molar-refractivity contribution in [3.8, 4) is 0 Å². The summed E-state index contributed by atoms with van der Waals surface area (Å²) in [5.74, 6) is 0.552. The van der Waals surface area contributed by atoms with Gasteiger partial charge in [0.15, 0.2) is 0 Å². The SMILES string of the molecule is CC1CCC(NS(=O)(=O)c2cccnc2C(N)=S)C1. The van der Waals surface area contributed by atoms with E-state index in [2.05, 4.69) is 16.6 Å². The molecule has 0 radical (unpaired) electrons. The van der Waals surface area contributed by atoms with Gasteiger partial charge in [-0.05, 0) is 37.3 Å². The Kier molecular flexibility index (Phi) is 4.17. The number of sulfonamides is 1. The van der Waals surface area contributed by atoms with Crippen molar-refractivity contribution in [1.82, 2.24) is 9.71 Å². The molecule has 1 aromatic rings. The van der Waals surface area contributed by atoms with Gasteiger partial charge >= 0.3 is 0 Å². The van der Waals surface area contributed by atoms with Crippen molar-refractivity contribution in [2.75, 3.05) is 0 Å². The number of hydrogen-bond donors (Lipinski definition) is 2. The zero-order valence-electron chi connectivity index (χ0n) is 10.7. The van der Waals surface area contributed by atoms with E-state index < -0.39 is 10.0 Å². The summed E-state index contributed by atoms with van der Waals surface area (Å²) in [6.45, 7) is 2.12. The molecule has 1 aliphatic carbocycles. The van der Waals surface area contributed by atoms with E-state index >= 15 is 0 Å². The average molecular weight is 299 g/mol. The molecule has 1 aliphatic rings. The summed E-state index contributed by atoms with van der Waals surface area (Å²) in [4.78, 5) is 3.99. The van der Waals surface area contributed by atoms with Crippen LogP contribution in [0.25, 0.3) is 0 Å². The van der Waals surface area contributed by atoms with Gasteiger partial charge in [0.1, 0.15) is 15.6 Å². The first kappa shape index (κ1) is 14.4. The minimum Gasteiger partial charge on any atom is -0.388 e. The molecule has 7 heteroatoms. The molecule has 1 saturated carbocycles. The quantitative estimate of drug-likeness (QED) is 0.816. The number of nitrogens with zero attached hydrogens (tertiary/aromatic N) is 1. The second kappa shape index (κ2) is 5.52. The van der Waals surface area contributed by atoms with Crippen LogP contribution in [0.5, 0.6) is 0 Å². The molecule has 0 bridgehead atoms. The normalized spacial score (nSPS) is 23.4. The maximum Gasteiger partial charge on any atom is 0.243 e. The lowest BCUT2D eigenvalue weighted by Crippen LogP contribution is -2.34. The summed E-state index contributed by atoms with van der Waals surface area (Å²) in [6.07, 6.45) is 4.25. The Morgan fingerprint density at radius 1 is 1.53 bits per heavy atom. The average Bonchev–Trinajstić information content (AvgIpc) is 2.74. The van der Waals surface area contributed by atoms with Crippen LogP contribution in [-0.4, -0.2) is 24.4 Å². The van der Waals surface area contributed by atoms with Crippen LogP contribution >= 0.6 is 12.2 Å². The van der Waals surface area contributed by atoms with Crippen LogP contribution in [0.3, 0.4) is 0 Å². The van der Waals surface area contributed by atoms with Crippen molar-refractivity contribution in [1.29, 1.82) is 0 Å². The summed E-state index contributed by atoms with van der Waals surface area (Å²) >= 11 is 4.84. The Labute approximate surface area is 118 Å². The highest BCUT2D eigenvalue weighted by Crippen LogP contribution is 2.26. The first-order valence-corrected chi connectivity index (χ1v) is 8.06. The lowest BCUT2D eigenvalue weighted by atomic mass is 10.1. The smallest absolute Gasteiger partial charge is 0.243 e. The summed E-state index contributed by atoms with van der Waals surface area (Å²) in [7, 11) is -3.62. The van der Waals surface area contributed by atoms with Gasteiger partial charge in [0.2, 0.25) is 10.0 Å². The van der Waals surface area contributed by atoms with E-state index in [1.54, 1.807) is 6.07 Å². The van der Waals surface area contributed by atoms with Crippen molar-refractivity contribution in [2.45, 2.75) is 37.1 Å². The molecule has 5 nitrogen and oxygen atoms in total. The molecule has 2 unspecified atom stereocenters. The molecule has 0 aliphatic heterocycles. The van der Waals surface area contributed by atoms with Gasteiger partial charge in [-0.2, -0.15) is 0 Å². The van der Waals surface area contributed by atoms with Gasteiger partial charge < -0.3 is 5.73 Å². The van der Waals surface area contributed by atoms with E-state index in [4.69, 9.17) is 18.0 Å². The molecule has 104 valence electrons. The van der Waals surface area contributed by atoms with Gasteiger partial charge in [-0.3, -0.25) is 4.98 Å². The number of rotatable bonds is 4. The van der Waals surface area contributed by atoms with Crippen LogP contribution in [0.15, 0.2) is 23.2 Å². The molecule has 0 spiro atoms. The fourth-order valence-corrected chi connectivity index (χ4v) is 4.07. The summed E-state index contributed by atoms with van der Waals surface area (Å²) in [5, 5.41) is 0. The third-order valence-electron chi connectivity index (χ3n) is 3.31. The fourth-order valence-electron chi connectivity index (χ4n) is 2.39. The van der Waals surface area contributed by atoms with Crippen molar-refractivity contribution in [3.05, 3.63) is 24.0 Å². The molecule has 3 N–H and O–H groups in total. The standard InChI is InChI=1S/C12H17N3O2S2/c1-8-4-5-9(7-8)15-19(16,17)10-3-2-6-14-11(10)12(13)18/h2-3,6,8-9,15H,4-5,7H2,1H3,(H2,13,18). The van der Waals surface area contributed by atoms with E-state index in [0.29, 0.717) is 5.92 Å². The predicted octanol–water partition coefficient (Wildman–Crippen LogP) is 1.18. The van der Waals surface area contributed by atoms with Crippen molar-refractivity contribution >= 4 is 27.2 Å². The molecule has 2 rings (SSSR count). The van der Waals surface area contributed by atoms with Crippen LogP contribution in [0, 0.1) is 5.92 Å². The number of aromatic nitrogens is 1. The van der Waals surface area contributed by atoms with Gasteiger partial charge in [-0.15, -0.1) is 0 Å². The molecular weight excluding hydrogens is 282 g/mol. The molecular formula is C12H17N3O2S2. The predicted molar refractivity (Wildman–Crippen MR) is 77.2 cm³/mol. The first-order valence-electron chi connectivity index (χ1n) is 6.17. The van der Waals surface area contributed by atoms with Gasteiger partial charge in [0.25, 0.3) is 0 Å². The second-order valence-electron chi connectivity index (χ2n) is 4.95. The van der Waals surface area contributed by atoms with Gasteiger partial charge in [0, 0.05) is 12.2 Å². The topological polar surface area (TPSA) is 85.1 Å². The highest BCUT2D eigenvalue weighted by molar-refractivity contribution is 7.89. The Morgan fingerprint density at radius 3 is 2.84 bits per heavy atom. The van der Waals surface area contributed by atoms with E-state index in [0.717, 1.165) is 19.3 Å². The number of nitrogens with two attached hydrogens (primary N) is 1. The Hall–Kier alpha value is -1.05. The molecule has 19 heavy (non-hydrogen) atoms. The number of pyridine rings is 1. The van der Waals surface area contributed by atoms with Crippen LogP contribution in [0.4, 0.5) is 0 Å². The zero-order valence-corrected chi connectivity index (χ0v) is 12.3. The van der Waals surface area contributed by atoms with Crippen LogP contribution in [0.1, 0.15) is 31.9 Å². The van der Waals surface area contributed by atoms with Gasteiger partial charge in [-0.1, -0.05) is 19.1 Å². The van der Waals surface area contributed by atoms with Gasteiger partial charge in [-0.25, -0.2) is 13.1 Å².